The first-order valence-electron chi connectivity index (χ1n) is 8.21. The molecule has 0 spiro atoms. The number of aryl methyl sites for hydroxylation is 1. The second-order valence-corrected chi connectivity index (χ2v) is 6.75. The van der Waals surface area contributed by atoms with Crippen molar-refractivity contribution in [3.8, 4) is 0 Å². The Balaban J connectivity index is 1.66. The number of likely N-dealkylation sites (tertiary alicyclic amines) is 1. The largest absolute Gasteiger partial charge is 0.346 e. The minimum atomic E-state index is 0.000237. The molecule has 0 radical (unpaired) electrons. The minimum Gasteiger partial charge on any atom is -0.346 e. The van der Waals surface area contributed by atoms with E-state index in [1.807, 2.05) is 7.05 Å². The second-order valence-electron chi connectivity index (χ2n) is 6.75. The van der Waals surface area contributed by atoms with Crippen LogP contribution < -0.4 is 5.32 Å². The molecule has 2 heterocycles. The molecule has 2 atom stereocenters. The molecule has 0 aromatic carbocycles. The number of hydrogen-bond donors (Lipinski definition) is 1. The lowest BCUT2D eigenvalue weighted by atomic mass is 9.98. The van der Waals surface area contributed by atoms with E-state index in [1.165, 1.54) is 18.4 Å². The topological polar surface area (TPSA) is 50.2 Å². The fourth-order valence-corrected chi connectivity index (χ4v) is 3.48. The van der Waals surface area contributed by atoms with E-state index in [0.717, 1.165) is 25.6 Å². The highest BCUT2D eigenvalue weighted by Crippen LogP contribution is 2.41. The molecule has 2 unspecified atom stereocenters. The summed E-state index contributed by atoms with van der Waals surface area (Å²) in [7, 11) is 1.81. The maximum atomic E-state index is 12.5. The fraction of sp³-hybridized carbons (Fsp3) is 0.647. The molecule has 1 N–H and O–H groups in total. The van der Waals surface area contributed by atoms with E-state index in [2.05, 4.69) is 35.2 Å². The molecule has 0 bridgehead atoms. The van der Waals surface area contributed by atoms with Crippen molar-refractivity contribution in [1.82, 2.24) is 20.0 Å². The SMILES string of the molecule is CC=C(C)CN1CC(NC(=O)c2ccnn2C)C(C2CC2)C1. The van der Waals surface area contributed by atoms with Crippen molar-refractivity contribution < 1.29 is 4.79 Å². The Hall–Kier alpha value is -1.62. The van der Waals surface area contributed by atoms with Gasteiger partial charge in [0.25, 0.3) is 5.91 Å². The second kappa shape index (κ2) is 6.24. The molecule has 1 aliphatic heterocycles. The van der Waals surface area contributed by atoms with Crippen molar-refractivity contribution in [3.63, 3.8) is 0 Å². The van der Waals surface area contributed by atoms with Gasteiger partial charge in [0.1, 0.15) is 5.69 Å². The third kappa shape index (κ3) is 3.24. The summed E-state index contributed by atoms with van der Waals surface area (Å²) < 4.78 is 1.64. The molecule has 5 heteroatoms. The zero-order chi connectivity index (χ0) is 15.7. The van der Waals surface area contributed by atoms with Gasteiger partial charge >= 0.3 is 0 Å². The minimum absolute atomic E-state index is 0.000237. The standard InChI is InChI=1S/C17H26N4O/c1-4-12(2)9-21-10-14(13-5-6-13)15(11-21)19-17(22)16-7-8-18-20(16)3/h4,7-8,13-15H,5-6,9-11H2,1-3H3,(H,19,22). The molecule has 22 heavy (non-hydrogen) atoms. The number of carbonyl (C=O) groups excluding carboxylic acids is 1. The van der Waals surface area contributed by atoms with E-state index in [0.29, 0.717) is 11.6 Å². The van der Waals surface area contributed by atoms with Gasteiger partial charge in [-0.2, -0.15) is 5.10 Å². The first-order chi connectivity index (χ1) is 10.6. The summed E-state index contributed by atoms with van der Waals surface area (Å²) >= 11 is 0. The molecule has 1 saturated heterocycles. The number of hydrogen-bond acceptors (Lipinski definition) is 3. The molecule has 2 aliphatic rings. The van der Waals surface area contributed by atoms with Crippen LogP contribution in [-0.4, -0.2) is 46.3 Å². The predicted molar refractivity (Wildman–Crippen MR) is 86.5 cm³/mol. The van der Waals surface area contributed by atoms with Crippen molar-refractivity contribution in [1.29, 1.82) is 0 Å². The van der Waals surface area contributed by atoms with Crippen LogP contribution in [0.2, 0.25) is 0 Å². The third-order valence-corrected chi connectivity index (χ3v) is 5.00. The zero-order valence-electron chi connectivity index (χ0n) is 13.7. The first kappa shape index (κ1) is 15.3. The molecular formula is C17H26N4O. The molecule has 2 fully saturated rings. The Kier molecular flexibility index (Phi) is 4.34. The van der Waals surface area contributed by atoms with Gasteiger partial charge in [-0.05, 0) is 44.6 Å². The Morgan fingerprint density at radius 1 is 1.45 bits per heavy atom. The zero-order valence-corrected chi connectivity index (χ0v) is 13.7. The highest BCUT2D eigenvalue weighted by atomic mass is 16.2. The van der Waals surface area contributed by atoms with Gasteiger partial charge in [-0.1, -0.05) is 11.6 Å². The number of nitrogens with zero attached hydrogens (tertiary/aromatic N) is 3. The highest BCUT2D eigenvalue weighted by Gasteiger charge is 2.43. The summed E-state index contributed by atoms with van der Waals surface area (Å²) in [6.07, 6.45) is 6.48. The van der Waals surface area contributed by atoms with E-state index in [4.69, 9.17) is 0 Å². The maximum Gasteiger partial charge on any atom is 0.269 e. The Morgan fingerprint density at radius 3 is 2.82 bits per heavy atom. The van der Waals surface area contributed by atoms with E-state index < -0.39 is 0 Å². The van der Waals surface area contributed by atoms with Gasteiger partial charge in [0.15, 0.2) is 0 Å². The van der Waals surface area contributed by atoms with Gasteiger partial charge in [0.05, 0.1) is 0 Å². The number of amides is 1. The van der Waals surface area contributed by atoms with Crippen LogP contribution in [0, 0.1) is 11.8 Å². The van der Waals surface area contributed by atoms with Crippen LogP contribution in [0.3, 0.4) is 0 Å². The van der Waals surface area contributed by atoms with Crippen molar-refractivity contribution >= 4 is 5.91 Å². The van der Waals surface area contributed by atoms with Gasteiger partial charge in [-0.3, -0.25) is 14.4 Å². The van der Waals surface area contributed by atoms with Crippen LogP contribution in [-0.2, 0) is 7.05 Å². The summed E-state index contributed by atoms with van der Waals surface area (Å²) in [5.41, 5.74) is 2.03. The van der Waals surface area contributed by atoms with Gasteiger partial charge in [0, 0.05) is 38.9 Å². The normalized spacial score (nSPS) is 26.4. The molecule has 1 aromatic rings. The molecule has 120 valence electrons. The number of aromatic nitrogens is 2. The predicted octanol–water partition coefficient (Wildman–Crippen LogP) is 1.83. The average molecular weight is 302 g/mol. The van der Waals surface area contributed by atoms with Crippen molar-refractivity contribution in [2.45, 2.75) is 32.7 Å². The lowest BCUT2D eigenvalue weighted by Gasteiger charge is -2.19. The lowest BCUT2D eigenvalue weighted by molar-refractivity contribution is 0.0918. The van der Waals surface area contributed by atoms with Crippen molar-refractivity contribution in [2.24, 2.45) is 18.9 Å². The van der Waals surface area contributed by atoms with Crippen LogP contribution in [0.1, 0.15) is 37.2 Å². The Morgan fingerprint density at radius 2 is 2.23 bits per heavy atom. The monoisotopic (exact) mass is 302 g/mol. The summed E-state index contributed by atoms with van der Waals surface area (Å²) in [5.74, 6) is 1.40. The number of rotatable bonds is 5. The number of nitrogens with one attached hydrogen (secondary N) is 1. The molecular weight excluding hydrogens is 276 g/mol. The van der Waals surface area contributed by atoms with Crippen molar-refractivity contribution in [2.75, 3.05) is 19.6 Å². The summed E-state index contributed by atoms with van der Waals surface area (Å²) in [6.45, 7) is 7.33. The van der Waals surface area contributed by atoms with Crippen LogP contribution in [0.25, 0.3) is 0 Å². The van der Waals surface area contributed by atoms with Gasteiger partial charge in [-0.15, -0.1) is 0 Å². The molecule has 1 saturated carbocycles. The lowest BCUT2D eigenvalue weighted by Crippen LogP contribution is -2.41. The first-order valence-corrected chi connectivity index (χ1v) is 8.21. The molecule has 1 amide bonds. The molecule has 1 aliphatic carbocycles. The van der Waals surface area contributed by atoms with E-state index >= 15 is 0 Å². The summed E-state index contributed by atoms with van der Waals surface area (Å²) in [4.78, 5) is 14.9. The van der Waals surface area contributed by atoms with E-state index in [9.17, 15) is 4.79 Å². The Labute approximate surface area is 132 Å². The van der Waals surface area contributed by atoms with E-state index in [1.54, 1.807) is 16.9 Å². The van der Waals surface area contributed by atoms with Crippen LogP contribution in [0.15, 0.2) is 23.9 Å². The quantitative estimate of drug-likeness (QED) is 0.844. The fourth-order valence-electron chi connectivity index (χ4n) is 3.48. The average Bonchev–Trinajstić information content (AvgIpc) is 3.13. The van der Waals surface area contributed by atoms with Crippen LogP contribution >= 0.6 is 0 Å². The van der Waals surface area contributed by atoms with Crippen LogP contribution in [0.4, 0.5) is 0 Å². The number of allylic oxidation sites excluding steroid dienone is 1. The summed E-state index contributed by atoms with van der Waals surface area (Å²) in [5, 5.41) is 7.34. The highest BCUT2D eigenvalue weighted by molar-refractivity contribution is 5.92. The molecule has 5 nitrogen and oxygen atoms in total. The smallest absolute Gasteiger partial charge is 0.269 e. The number of carbonyl (C=O) groups is 1. The summed E-state index contributed by atoms with van der Waals surface area (Å²) in [6, 6.07) is 2.04. The van der Waals surface area contributed by atoms with Crippen molar-refractivity contribution in [3.05, 3.63) is 29.6 Å². The molecule has 3 rings (SSSR count). The molecule has 1 aromatic heterocycles. The maximum absolute atomic E-state index is 12.5. The van der Waals surface area contributed by atoms with Crippen LogP contribution in [0.5, 0.6) is 0 Å². The third-order valence-electron chi connectivity index (χ3n) is 5.00. The van der Waals surface area contributed by atoms with Gasteiger partial charge in [0.2, 0.25) is 0 Å². The van der Waals surface area contributed by atoms with Gasteiger partial charge in [-0.25, -0.2) is 0 Å². The van der Waals surface area contributed by atoms with Gasteiger partial charge < -0.3 is 5.32 Å². The van der Waals surface area contributed by atoms with E-state index in [-0.39, 0.29) is 11.9 Å². The Bertz CT molecular complexity index is 573.